The van der Waals surface area contributed by atoms with Crippen molar-refractivity contribution >= 4 is 0 Å². The van der Waals surface area contributed by atoms with E-state index in [1.54, 1.807) is 5.57 Å². The van der Waals surface area contributed by atoms with Gasteiger partial charge < -0.3 is 5.32 Å². The quantitative estimate of drug-likeness (QED) is 0.482. The molecule has 1 N–H and O–H groups in total. The summed E-state index contributed by atoms with van der Waals surface area (Å²) in [6.45, 7) is 6.03. The molecule has 1 aliphatic rings. The van der Waals surface area contributed by atoms with Crippen LogP contribution in [0.2, 0.25) is 0 Å². The minimum atomic E-state index is 1.12. The van der Waals surface area contributed by atoms with E-state index in [0.29, 0.717) is 0 Å². The minimum absolute atomic E-state index is 1.12. The van der Waals surface area contributed by atoms with Gasteiger partial charge in [-0.3, -0.25) is 0 Å². The molecule has 0 aromatic carbocycles. The molecule has 0 radical (unpaired) electrons. The zero-order chi connectivity index (χ0) is 7.94. The number of unbranched alkanes of at least 4 members (excludes halogenated alkanes) is 1. The van der Waals surface area contributed by atoms with Crippen LogP contribution in [0.3, 0.4) is 0 Å². The molecule has 1 aliphatic heterocycles. The number of piperidine rings is 1. The molecule has 0 aromatic rings. The van der Waals surface area contributed by atoms with Gasteiger partial charge in [-0.15, -0.1) is 6.58 Å². The summed E-state index contributed by atoms with van der Waals surface area (Å²) < 4.78 is 0. The summed E-state index contributed by atoms with van der Waals surface area (Å²) in [6.07, 6.45) is 9.16. The first-order valence-electron chi connectivity index (χ1n) is 4.43. The van der Waals surface area contributed by atoms with Gasteiger partial charge in [0.05, 0.1) is 0 Å². The van der Waals surface area contributed by atoms with E-state index in [0.717, 1.165) is 6.42 Å². The monoisotopic (exact) mass is 151 g/mol. The van der Waals surface area contributed by atoms with Crippen LogP contribution in [0.4, 0.5) is 0 Å². The van der Waals surface area contributed by atoms with Gasteiger partial charge in [-0.05, 0) is 38.8 Å². The molecule has 0 amide bonds. The van der Waals surface area contributed by atoms with E-state index >= 15 is 0 Å². The molecule has 1 fully saturated rings. The smallest absolute Gasteiger partial charge is 0.00115 e. The lowest BCUT2D eigenvalue weighted by atomic mass is 10.0. The molecule has 1 saturated heterocycles. The second kappa shape index (κ2) is 5.14. The Kier molecular flexibility index (Phi) is 3.99. The van der Waals surface area contributed by atoms with Crippen molar-refractivity contribution in [3.63, 3.8) is 0 Å². The second-order valence-electron chi connectivity index (χ2n) is 2.98. The zero-order valence-corrected chi connectivity index (χ0v) is 7.10. The molecule has 1 heteroatoms. The van der Waals surface area contributed by atoms with Gasteiger partial charge >= 0.3 is 0 Å². The Morgan fingerprint density at radius 1 is 1.27 bits per heavy atom. The van der Waals surface area contributed by atoms with Gasteiger partial charge in [0.2, 0.25) is 0 Å². The van der Waals surface area contributed by atoms with E-state index in [4.69, 9.17) is 0 Å². The summed E-state index contributed by atoms with van der Waals surface area (Å²) in [6, 6.07) is 0. The summed E-state index contributed by atoms with van der Waals surface area (Å²) in [5.41, 5.74) is 1.63. The van der Waals surface area contributed by atoms with Gasteiger partial charge in [-0.2, -0.15) is 0 Å². The van der Waals surface area contributed by atoms with Gasteiger partial charge in [-0.25, -0.2) is 0 Å². The van der Waals surface area contributed by atoms with E-state index in [9.17, 15) is 0 Å². The normalized spacial score (nSPS) is 18.0. The lowest BCUT2D eigenvalue weighted by Gasteiger charge is -2.14. The van der Waals surface area contributed by atoms with Crippen molar-refractivity contribution in [3.05, 3.63) is 24.3 Å². The molecule has 0 bridgehead atoms. The number of allylic oxidation sites excluding steroid dienone is 2. The Morgan fingerprint density at radius 3 is 2.64 bits per heavy atom. The van der Waals surface area contributed by atoms with Crippen molar-refractivity contribution < 1.29 is 0 Å². The van der Waals surface area contributed by atoms with Crippen molar-refractivity contribution in [2.75, 3.05) is 13.1 Å². The van der Waals surface area contributed by atoms with E-state index < -0.39 is 0 Å². The third-order valence-electron chi connectivity index (χ3n) is 2.05. The molecular weight excluding hydrogens is 134 g/mol. The predicted octanol–water partition coefficient (Wildman–Crippen LogP) is 2.26. The van der Waals surface area contributed by atoms with Crippen LogP contribution in [0.1, 0.15) is 25.7 Å². The molecule has 1 rings (SSSR count). The summed E-state index contributed by atoms with van der Waals surface area (Å²) in [7, 11) is 0. The van der Waals surface area contributed by atoms with E-state index in [2.05, 4.69) is 18.0 Å². The highest BCUT2D eigenvalue weighted by Crippen LogP contribution is 2.11. The van der Waals surface area contributed by atoms with Crippen molar-refractivity contribution in [2.45, 2.75) is 25.7 Å². The van der Waals surface area contributed by atoms with Gasteiger partial charge in [0.1, 0.15) is 0 Å². The standard InChI is InChI=1S/C10H17N/c1-2-3-4-5-10-6-8-11-9-7-10/h2,5,11H,1,3-4,6-9H2. The highest BCUT2D eigenvalue weighted by molar-refractivity contribution is 5.05. The van der Waals surface area contributed by atoms with Crippen molar-refractivity contribution in [1.29, 1.82) is 0 Å². The average Bonchev–Trinajstić information content (AvgIpc) is 2.07. The van der Waals surface area contributed by atoms with E-state index in [1.807, 2.05) is 6.08 Å². The lowest BCUT2D eigenvalue weighted by Crippen LogP contribution is -2.22. The molecule has 1 nitrogen and oxygen atoms in total. The topological polar surface area (TPSA) is 12.0 Å². The molecular formula is C10H17N. The Hall–Kier alpha value is -0.560. The van der Waals surface area contributed by atoms with Crippen LogP contribution in [-0.4, -0.2) is 13.1 Å². The first-order chi connectivity index (χ1) is 5.43. The van der Waals surface area contributed by atoms with Gasteiger partial charge in [0.15, 0.2) is 0 Å². The SMILES string of the molecule is C=CCCC=C1CCNCC1. The maximum atomic E-state index is 3.70. The molecule has 0 aliphatic carbocycles. The van der Waals surface area contributed by atoms with Crippen LogP contribution in [-0.2, 0) is 0 Å². The van der Waals surface area contributed by atoms with Crippen LogP contribution in [0.5, 0.6) is 0 Å². The fraction of sp³-hybridized carbons (Fsp3) is 0.600. The highest BCUT2D eigenvalue weighted by Gasteiger charge is 2.02. The van der Waals surface area contributed by atoms with Gasteiger partial charge in [0.25, 0.3) is 0 Å². The summed E-state index contributed by atoms with van der Waals surface area (Å²) in [5, 5.41) is 3.34. The zero-order valence-electron chi connectivity index (χ0n) is 7.10. The minimum Gasteiger partial charge on any atom is -0.316 e. The first-order valence-corrected chi connectivity index (χ1v) is 4.43. The van der Waals surface area contributed by atoms with Crippen molar-refractivity contribution in [1.82, 2.24) is 5.32 Å². The predicted molar refractivity (Wildman–Crippen MR) is 49.6 cm³/mol. The maximum Gasteiger partial charge on any atom is -0.00115 e. The van der Waals surface area contributed by atoms with Crippen molar-refractivity contribution in [2.24, 2.45) is 0 Å². The Balaban J connectivity index is 2.20. The van der Waals surface area contributed by atoms with E-state index in [-0.39, 0.29) is 0 Å². The first kappa shape index (κ1) is 8.54. The Morgan fingerprint density at radius 2 is 2.00 bits per heavy atom. The summed E-state index contributed by atoms with van der Waals surface area (Å²) in [4.78, 5) is 0. The van der Waals surface area contributed by atoms with Crippen LogP contribution in [0, 0.1) is 0 Å². The Bertz CT molecular complexity index is 139. The van der Waals surface area contributed by atoms with Gasteiger partial charge in [0, 0.05) is 0 Å². The number of rotatable bonds is 3. The molecule has 11 heavy (non-hydrogen) atoms. The van der Waals surface area contributed by atoms with Crippen LogP contribution >= 0.6 is 0 Å². The third kappa shape index (κ3) is 3.38. The van der Waals surface area contributed by atoms with E-state index in [1.165, 1.54) is 32.4 Å². The lowest BCUT2D eigenvalue weighted by molar-refractivity contribution is 0.607. The third-order valence-corrected chi connectivity index (χ3v) is 2.05. The number of hydrogen-bond acceptors (Lipinski definition) is 1. The number of nitrogens with one attached hydrogen (secondary N) is 1. The Labute approximate surface area is 69.2 Å². The molecule has 0 aromatic heterocycles. The van der Waals surface area contributed by atoms with Gasteiger partial charge in [-0.1, -0.05) is 17.7 Å². The van der Waals surface area contributed by atoms with Crippen LogP contribution < -0.4 is 5.32 Å². The molecule has 1 heterocycles. The summed E-state index contributed by atoms with van der Waals surface area (Å²) >= 11 is 0. The average molecular weight is 151 g/mol. The summed E-state index contributed by atoms with van der Waals surface area (Å²) in [5.74, 6) is 0. The molecule has 0 atom stereocenters. The molecule has 0 spiro atoms. The van der Waals surface area contributed by atoms with Crippen LogP contribution in [0.15, 0.2) is 24.3 Å². The number of hydrogen-bond donors (Lipinski definition) is 1. The molecule has 0 saturated carbocycles. The largest absolute Gasteiger partial charge is 0.316 e. The maximum absolute atomic E-state index is 3.70. The molecule has 0 unspecified atom stereocenters. The fourth-order valence-corrected chi connectivity index (χ4v) is 1.36. The highest BCUT2D eigenvalue weighted by atomic mass is 14.9. The second-order valence-corrected chi connectivity index (χ2v) is 2.98. The van der Waals surface area contributed by atoms with Crippen LogP contribution in [0.25, 0.3) is 0 Å². The molecule has 62 valence electrons. The fourth-order valence-electron chi connectivity index (χ4n) is 1.36. The van der Waals surface area contributed by atoms with Crippen molar-refractivity contribution in [3.8, 4) is 0 Å².